The molecule has 0 spiro atoms. The van der Waals surface area contributed by atoms with Crippen LogP contribution in [0.15, 0.2) is 0 Å². The number of carbonyl (C=O) groups excluding carboxylic acids is 1. The summed E-state index contributed by atoms with van der Waals surface area (Å²) < 4.78 is 0. The van der Waals surface area contributed by atoms with Gasteiger partial charge in [-0.3, -0.25) is 9.59 Å². The minimum Gasteiger partial charge on any atom is -0.481 e. The van der Waals surface area contributed by atoms with E-state index in [0.717, 1.165) is 32.5 Å². The van der Waals surface area contributed by atoms with E-state index in [1.54, 1.807) is 11.8 Å². The second-order valence-corrected chi connectivity index (χ2v) is 6.72. The van der Waals surface area contributed by atoms with Gasteiger partial charge in [-0.15, -0.1) is 0 Å². The summed E-state index contributed by atoms with van der Waals surface area (Å²) in [5, 5.41) is 9.43. The van der Waals surface area contributed by atoms with Gasteiger partial charge in [0, 0.05) is 32.6 Å². The number of nitrogens with zero attached hydrogens (tertiary/aromatic N) is 2. The molecule has 1 fully saturated rings. The Balaban J connectivity index is 2.64. The molecule has 0 aliphatic carbocycles. The summed E-state index contributed by atoms with van der Waals surface area (Å²) in [5.41, 5.74) is -0.991. The average Bonchev–Trinajstić information content (AvgIpc) is 2.45. The number of carboxylic acid groups (broad SMARTS) is 1. The molecule has 122 valence electrons. The van der Waals surface area contributed by atoms with Crippen molar-refractivity contribution in [3.8, 4) is 0 Å². The lowest BCUT2D eigenvalue weighted by Gasteiger charge is -2.38. The highest BCUT2D eigenvalue weighted by molar-refractivity contribution is 5.85. The van der Waals surface area contributed by atoms with E-state index in [4.69, 9.17) is 0 Å². The zero-order valence-corrected chi connectivity index (χ0v) is 14.1. The van der Waals surface area contributed by atoms with Gasteiger partial charge in [0.1, 0.15) is 0 Å². The first-order valence-corrected chi connectivity index (χ1v) is 7.93. The smallest absolute Gasteiger partial charge is 0.310 e. The third-order valence-electron chi connectivity index (χ3n) is 5.23. The second kappa shape index (κ2) is 7.25. The van der Waals surface area contributed by atoms with Crippen molar-refractivity contribution < 1.29 is 14.7 Å². The third-order valence-corrected chi connectivity index (χ3v) is 5.23. The number of amides is 1. The van der Waals surface area contributed by atoms with Crippen LogP contribution in [0.5, 0.6) is 0 Å². The predicted octanol–water partition coefficient (Wildman–Crippen LogP) is 2.07. The Morgan fingerprint density at radius 1 is 1.33 bits per heavy atom. The Bertz CT molecular complexity index is 376. The molecule has 21 heavy (non-hydrogen) atoms. The Morgan fingerprint density at radius 3 is 2.24 bits per heavy atom. The van der Waals surface area contributed by atoms with Crippen LogP contribution in [-0.4, -0.2) is 59.5 Å². The van der Waals surface area contributed by atoms with Gasteiger partial charge in [0.25, 0.3) is 0 Å². The molecule has 5 nitrogen and oxygen atoms in total. The molecule has 1 heterocycles. The summed E-state index contributed by atoms with van der Waals surface area (Å²) >= 11 is 0. The quantitative estimate of drug-likeness (QED) is 0.815. The summed E-state index contributed by atoms with van der Waals surface area (Å²) in [4.78, 5) is 28.1. The van der Waals surface area contributed by atoms with Crippen molar-refractivity contribution in [3.63, 3.8) is 0 Å². The lowest BCUT2D eigenvalue weighted by molar-refractivity contribution is -0.156. The van der Waals surface area contributed by atoms with E-state index < -0.39 is 11.4 Å². The largest absolute Gasteiger partial charge is 0.481 e. The Hall–Kier alpha value is -1.10. The van der Waals surface area contributed by atoms with Gasteiger partial charge in [-0.2, -0.15) is 0 Å². The van der Waals surface area contributed by atoms with Gasteiger partial charge < -0.3 is 14.9 Å². The number of carbonyl (C=O) groups is 2. The number of aliphatic carboxylic acids is 1. The van der Waals surface area contributed by atoms with Crippen LogP contribution in [0.25, 0.3) is 0 Å². The summed E-state index contributed by atoms with van der Waals surface area (Å²) in [6, 6.07) is 0.241. The monoisotopic (exact) mass is 298 g/mol. The zero-order chi connectivity index (χ0) is 16.2. The standard InChI is InChI=1S/C16H30N2O3/c1-6-18-9-7-13(8-10-18)17(5)14(19)11-16(4,12(2)3)15(20)21/h12-13H,6-11H2,1-5H3,(H,20,21). The predicted molar refractivity (Wildman–Crippen MR) is 83.1 cm³/mol. The molecule has 1 unspecified atom stereocenters. The van der Waals surface area contributed by atoms with Crippen LogP contribution >= 0.6 is 0 Å². The number of carboxylic acids is 1. The van der Waals surface area contributed by atoms with E-state index in [9.17, 15) is 14.7 Å². The normalized spacial score (nSPS) is 20.3. The van der Waals surface area contributed by atoms with Crippen molar-refractivity contribution in [1.29, 1.82) is 0 Å². The lowest BCUT2D eigenvalue weighted by atomic mass is 9.76. The zero-order valence-electron chi connectivity index (χ0n) is 14.1. The van der Waals surface area contributed by atoms with Crippen molar-refractivity contribution in [3.05, 3.63) is 0 Å². The van der Waals surface area contributed by atoms with Crippen LogP contribution in [-0.2, 0) is 9.59 Å². The maximum Gasteiger partial charge on any atom is 0.310 e. The van der Waals surface area contributed by atoms with Crippen LogP contribution in [0.4, 0.5) is 0 Å². The van der Waals surface area contributed by atoms with Gasteiger partial charge >= 0.3 is 5.97 Å². The van der Waals surface area contributed by atoms with Gasteiger partial charge in [-0.1, -0.05) is 20.8 Å². The second-order valence-electron chi connectivity index (χ2n) is 6.72. The first-order valence-electron chi connectivity index (χ1n) is 7.93. The van der Waals surface area contributed by atoms with Crippen molar-refractivity contribution in [2.75, 3.05) is 26.7 Å². The van der Waals surface area contributed by atoms with E-state index in [1.165, 1.54) is 0 Å². The van der Waals surface area contributed by atoms with Crippen LogP contribution in [0.3, 0.4) is 0 Å². The molecule has 0 radical (unpaired) electrons. The highest BCUT2D eigenvalue weighted by Crippen LogP contribution is 2.32. The fraction of sp³-hybridized carbons (Fsp3) is 0.875. The molecule has 0 saturated carbocycles. The van der Waals surface area contributed by atoms with Gasteiger partial charge in [0.15, 0.2) is 0 Å². The van der Waals surface area contributed by atoms with Crippen molar-refractivity contribution in [2.24, 2.45) is 11.3 Å². The first-order chi connectivity index (χ1) is 9.72. The number of hydrogen-bond donors (Lipinski definition) is 1. The van der Waals surface area contributed by atoms with Gasteiger partial charge in [-0.25, -0.2) is 0 Å². The van der Waals surface area contributed by atoms with Crippen LogP contribution in [0.1, 0.15) is 47.0 Å². The molecule has 0 aromatic heterocycles. The molecule has 1 aliphatic rings. The average molecular weight is 298 g/mol. The number of likely N-dealkylation sites (tertiary alicyclic amines) is 1. The summed E-state index contributed by atoms with van der Waals surface area (Å²) in [7, 11) is 1.82. The molecule has 0 aromatic rings. The van der Waals surface area contributed by atoms with E-state index in [2.05, 4.69) is 11.8 Å². The van der Waals surface area contributed by atoms with Crippen molar-refractivity contribution in [1.82, 2.24) is 9.80 Å². The van der Waals surface area contributed by atoms with Crippen LogP contribution in [0.2, 0.25) is 0 Å². The maximum absolute atomic E-state index is 12.5. The minimum atomic E-state index is -0.991. The van der Waals surface area contributed by atoms with E-state index in [0.29, 0.717) is 0 Å². The van der Waals surface area contributed by atoms with E-state index in [-0.39, 0.29) is 24.3 Å². The molecular formula is C16H30N2O3. The summed E-state index contributed by atoms with van der Waals surface area (Å²) in [5.74, 6) is -1.02. The molecule has 0 bridgehead atoms. The van der Waals surface area contributed by atoms with Gasteiger partial charge in [-0.05, 0) is 32.2 Å². The summed E-state index contributed by atoms with van der Waals surface area (Å²) in [6.07, 6.45) is 2.02. The number of piperidine rings is 1. The van der Waals surface area contributed by atoms with E-state index >= 15 is 0 Å². The molecule has 1 aliphatic heterocycles. The molecule has 1 N–H and O–H groups in total. The minimum absolute atomic E-state index is 0.0523. The number of rotatable bonds is 6. The maximum atomic E-state index is 12.5. The highest BCUT2D eigenvalue weighted by Gasteiger charge is 2.40. The van der Waals surface area contributed by atoms with Crippen LogP contribution in [0, 0.1) is 11.3 Å². The molecule has 1 saturated heterocycles. The third kappa shape index (κ3) is 4.19. The molecule has 0 aromatic carbocycles. The molecule has 1 rings (SSSR count). The topological polar surface area (TPSA) is 60.9 Å². The fourth-order valence-corrected chi connectivity index (χ4v) is 2.79. The lowest BCUT2D eigenvalue weighted by Crippen LogP contribution is -2.47. The molecular weight excluding hydrogens is 268 g/mol. The molecule has 1 amide bonds. The SMILES string of the molecule is CCN1CCC(N(C)C(=O)CC(C)(C(=O)O)C(C)C)CC1. The Labute approximate surface area is 128 Å². The van der Waals surface area contributed by atoms with Crippen LogP contribution < -0.4 is 0 Å². The van der Waals surface area contributed by atoms with Gasteiger partial charge in [0.2, 0.25) is 5.91 Å². The van der Waals surface area contributed by atoms with Crippen molar-refractivity contribution in [2.45, 2.75) is 53.0 Å². The van der Waals surface area contributed by atoms with E-state index in [1.807, 2.05) is 20.9 Å². The van der Waals surface area contributed by atoms with Crippen molar-refractivity contribution >= 4 is 11.9 Å². The molecule has 1 atom stereocenters. The molecule has 5 heteroatoms. The highest BCUT2D eigenvalue weighted by atomic mass is 16.4. The number of hydrogen-bond acceptors (Lipinski definition) is 3. The Kier molecular flexibility index (Phi) is 6.20. The Morgan fingerprint density at radius 2 is 1.86 bits per heavy atom. The summed E-state index contributed by atoms with van der Waals surface area (Å²) in [6.45, 7) is 10.6. The fourth-order valence-electron chi connectivity index (χ4n) is 2.79. The first kappa shape index (κ1) is 18.0. The van der Waals surface area contributed by atoms with Gasteiger partial charge in [0.05, 0.1) is 5.41 Å².